The molecule has 0 radical (unpaired) electrons. The first-order valence-electron chi connectivity index (χ1n) is 7.42. The van der Waals surface area contributed by atoms with Gasteiger partial charge in [-0.25, -0.2) is 17.9 Å². The number of nitrogens with one attached hydrogen (secondary N) is 1. The highest BCUT2D eigenvalue weighted by Gasteiger charge is 2.18. The van der Waals surface area contributed by atoms with E-state index >= 15 is 0 Å². The molecule has 2 rings (SSSR count). The molecule has 130 valence electrons. The van der Waals surface area contributed by atoms with Crippen LogP contribution in [-0.4, -0.2) is 25.6 Å². The van der Waals surface area contributed by atoms with Crippen LogP contribution in [0.5, 0.6) is 0 Å². The molecule has 2 aromatic rings. The molecule has 1 aromatic heterocycles. The number of rotatable bonds is 6. The maximum Gasteiger partial charge on any atom is 0.338 e. The summed E-state index contributed by atoms with van der Waals surface area (Å²) in [6.45, 7) is 6.94. The number of aryl methyl sites for hydroxylation is 2. The molecule has 24 heavy (non-hydrogen) atoms. The van der Waals surface area contributed by atoms with Crippen LogP contribution in [0.2, 0.25) is 0 Å². The molecule has 8 heteroatoms. The maximum absolute atomic E-state index is 12.2. The summed E-state index contributed by atoms with van der Waals surface area (Å²) in [5.74, 6) is -0.0330. The van der Waals surface area contributed by atoms with E-state index in [-0.39, 0.29) is 23.1 Å². The normalized spacial score (nSPS) is 11.7. The molecule has 0 saturated carbocycles. The molecule has 7 nitrogen and oxygen atoms in total. The average molecular weight is 352 g/mol. The Labute approximate surface area is 141 Å². The number of esters is 1. The minimum atomic E-state index is -3.67. The Morgan fingerprint density at radius 1 is 1.33 bits per heavy atom. The molecule has 1 N–H and O–H groups in total. The highest BCUT2D eigenvalue weighted by molar-refractivity contribution is 7.89. The SMILES string of the molecule is Cc1noc(C)c1COC(=O)c1cccc(S(=O)(=O)NC(C)C)c1. The van der Waals surface area contributed by atoms with Gasteiger partial charge in [0.25, 0.3) is 0 Å². The second kappa shape index (κ2) is 7.14. The van der Waals surface area contributed by atoms with Gasteiger partial charge in [0.2, 0.25) is 10.0 Å². The molecule has 1 aromatic carbocycles. The Kier molecular flexibility index (Phi) is 5.40. The predicted octanol–water partition coefficient (Wildman–Crippen LogP) is 2.34. The highest BCUT2D eigenvalue weighted by atomic mass is 32.2. The number of sulfonamides is 1. The van der Waals surface area contributed by atoms with E-state index in [0.717, 1.165) is 0 Å². The minimum Gasteiger partial charge on any atom is -0.457 e. The van der Waals surface area contributed by atoms with Gasteiger partial charge in [-0.1, -0.05) is 11.2 Å². The van der Waals surface area contributed by atoms with Crippen LogP contribution in [0.1, 0.15) is 41.2 Å². The van der Waals surface area contributed by atoms with Gasteiger partial charge in [-0.05, 0) is 45.9 Å². The van der Waals surface area contributed by atoms with E-state index in [1.165, 1.54) is 24.3 Å². The van der Waals surface area contributed by atoms with Crippen molar-refractivity contribution in [1.82, 2.24) is 9.88 Å². The molecule has 1 heterocycles. The molecular formula is C16H20N2O5S. The number of hydrogen-bond acceptors (Lipinski definition) is 6. The van der Waals surface area contributed by atoms with Crippen LogP contribution in [0.25, 0.3) is 0 Å². The number of ether oxygens (including phenoxy) is 1. The third kappa shape index (κ3) is 4.21. The first-order valence-corrected chi connectivity index (χ1v) is 8.90. The molecule has 0 aliphatic carbocycles. The monoisotopic (exact) mass is 352 g/mol. The van der Waals surface area contributed by atoms with E-state index in [9.17, 15) is 13.2 Å². The fourth-order valence-corrected chi connectivity index (χ4v) is 3.39. The summed E-state index contributed by atoms with van der Waals surface area (Å²) < 4.78 is 37.0. The highest BCUT2D eigenvalue weighted by Crippen LogP contribution is 2.16. The van der Waals surface area contributed by atoms with Gasteiger partial charge in [0, 0.05) is 6.04 Å². The molecule has 0 spiro atoms. The van der Waals surface area contributed by atoms with E-state index in [0.29, 0.717) is 17.0 Å². The van der Waals surface area contributed by atoms with Crippen molar-refractivity contribution in [3.8, 4) is 0 Å². The van der Waals surface area contributed by atoms with Gasteiger partial charge in [0.05, 0.1) is 21.7 Å². The van der Waals surface area contributed by atoms with Gasteiger partial charge in [-0.15, -0.1) is 0 Å². The van der Waals surface area contributed by atoms with E-state index in [1.54, 1.807) is 27.7 Å². The van der Waals surface area contributed by atoms with E-state index in [4.69, 9.17) is 9.26 Å². The molecular weight excluding hydrogens is 332 g/mol. The number of carbonyl (C=O) groups excluding carboxylic acids is 1. The Balaban J connectivity index is 2.15. The van der Waals surface area contributed by atoms with Gasteiger partial charge in [0.1, 0.15) is 12.4 Å². The van der Waals surface area contributed by atoms with Crippen molar-refractivity contribution in [3.05, 3.63) is 46.8 Å². The van der Waals surface area contributed by atoms with Crippen molar-refractivity contribution in [2.45, 2.75) is 45.2 Å². The lowest BCUT2D eigenvalue weighted by Gasteiger charge is -2.10. The minimum absolute atomic E-state index is 0.0151. The summed E-state index contributed by atoms with van der Waals surface area (Å²) in [5, 5.41) is 3.79. The van der Waals surface area contributed by atoms with Crippen LogP contribution in [0.4, 0.5) is 0 Å². The number of carbonyl (C=O) groups is 1. The number of benzene rings is 1. The van der Waals surface area contributed by atoms with Crippen LogP contribution >= 0.6 is 0 Å². The van der Waals surface area contributed by atoms with E-state index < -0.39 is 16.0 Å². The predicted molar refractivity (Wildman–Crippen MR) is 87.0 cm³/mol. The summed E-state index contributed by atoms with van der Waals surface area (Å²) in [5.41, 5.74) is 1.51. The van der Waals surface area contributed by atoms with Crippen LogP contribution in [0, 0.1) is 13.8 Å². The maximum atomic E-state index is 12.2. The van der Waals surface area contributed by atoms with Crippen LogP contribution in [0.3, 0.4) is 0 Å². The van der Waals surface area contributed by atoms with Crippen molar-refractivity contribution in [1.29, 1.82) is 0 Å². The second-order valence-corrected chi connectivity index (χ2v) is 7.40. The van der Waals surface area contributed by atoms with E-state index in [1.807, 2.05) is 0 Å². The summed E-state index contributed by atoms with van der Waals surface area (Å²) in [6, 6.07) is 5.48. The molecule has 0 aliphatic heterocycles. The smallest absolute Gasteiger partial charge is 0.338 e. The second-order valence-electron chi connectivity index (χ2n) is 5.68. The Hall–Kier alpha value is -2.19. The Bertz CT molecular complexity index is 820. The van der Waals surface area contributed by atoms with Gasteiger partial charge in [0.15, 0.2) is 0 Å². The lowest BCUT2D eigenvalue weighted by molar-refractivity contribution is 0.0470. The molecule has 0 fully saturated rings. The summed E-state index contributed by atoms with van der Waals surface area (Å²) >= 11 is 0. The largest absolute Gasteiger partial charge is 0.457 e. The van der Waals surface area contributed by atoms with Gasteiger partial charge in [-0.2, -0.15) is 0 Å². The zero-order valence-electron chi connectivity index (χ0n) is 14.0. The van der Waals surface area contributed by atoms with Gasteiger partial charge in [-0.3, -0.25) is 0 Å². The molecule has 0 bridgehead atoms. The standard InChI is InChI=1S/C16H20N2O5S/c1-10(2)18-24(20,21)14-7-5-6-13(8-14)16(19)22-9-15-11(3)17-23-12(15)4/h5-8,10,18H,9H2,1-4H3. The third-order valence-corrected chi connectivity index (χ3v) is 4.96. The lowest BCUT2D eigenvalue weighted by Crippen LogP contribution is -2.30. The first-order chi connectivity index (χ1) is 11.2. The van der Waals surface area contributed by atoms with Crippen LogP contribution in [-0.2, 0) is 21.4 Å². The van der Waals surface area contributed by atoms with Crippen molar-refractivity contribution in [2.75, 3.05) is 0 Å². The van der Waals surface area contributed by atoms with Crippen molar-refractivity contribution >= 4 is 16.0 Å². The molecule has 0 aliphatic rings. The zero-order valence-corrected chi connectivity index (χ0v) is 14.8. The molecule has 0 saturated heterocycles. The van der Waals surface area contributed by atoms with Crippen molar-refractivity contribution in [3.63, 3.8) is 0 Å². The van der Waals surface area contributed by atoms with Crippen LogP contribution < -0.4 is 4.72 Å². The number of nitrogens with zero attached hydrogens (tertiary/aromatic N) is 1. The van der Waals surface area contributed by atoms with E-state index in [2.05, 4.69) is 9.88 Å². The summed E-state index contributed by atoms with van der Waals surface area (Å²) in [7, 11) is -3.67. The van der Waals surface area contributed by atoms with Crippen molar-refractivity contribution in [2.24, 2.45) is 0 Å². The summed E-state index contributed by atoms with van der Waals surface area (Å²) in [6.07, 6.45) is 0. The Morgan fingerprint density at radius 2 is 2.04 bits per heavy atom. The number of aromatic nitrogens is 1. The third-order valence-electron chi connectivity index (χ3n) is 3.30. The fourth-order valence-electron chi connectivity index (χ4n) is 2.10. The quantitative estimate of drug-likeness (QED) is 0.801. The fraction of sp³-hybridized carbons (Fsp3) is 0.375. The molecule has 0 unspecified atom stereocenters. The van der Waals surface area contributed by atoms with Gasteiger partial charge < -0.3 is 9.26 Å². The first kappa shape index (κ1) is 18.2. The molecule has 0 amide bonds. The summed E-state index contributed by atoms with van der Waals surface area (Å²) in [4.78, 5) is 12.2. The average Bonchev–Trinajstić information content (AvgIpc) is 2.82. The molecule has 0 atom stereocenters. The Morgan fingerprint density at radius 3 is 2.62 bits per heavy atom. The number of hydrogen-bond donors (Lipinski definition) is 1. The zero-order chi connectivity index (χ0) is 17.9. The lowest BCUT2D eigenvalue weighted by atomic mass is 10.2. The van der Waals surface area contributed by atoms with Crippen LogP contribution in [0.15, 0.2) is 33.7 Å². The topological polar surface area (TPSA) is 98.5 Å². The van der Waals surface area contributed by atoms with Crippen molar-refractivity contribution < 1.29 is 22.5 Å². The van der Waals surface area contributed by atoms with Gasteiger partial charge >= 0.3 is 5.97 Å².